The molecule has 21 heavy (non-hydrogen) atoms. The highest BCUT2D eigenvalue weighted by atomic mass is 16.5. The molecule has 114 valence electrons. The van der Waals surface area contributed by atoms with Gasteiger partial charge in [-0.1, -0.05) is 0 Å². The van der Waals surface area contributed by atoms with Crippen molar-refractivity contribution >= 4 is 11.8 Å². The standard InChI is InChI=1S/C17H22O4/c1-12-10-15(13(2)18)6-7-16(12)21-17(19)8-5-14-4-3-9-20-11-14/h6-7,10,14H,3-5,8-9,11H2,1-2H3. The van der Waals surface area contributed by atoms with E-state index in [-0.39, 0.29) is 11.8 Å². The fourth-order valence-corrected chi connectivity index (χ4v) is 2.51. The summed E-state index contributed by atoms with van der Waals surface area (Å²) < 4.78 is 10.8. The number of carbonyl (C=O) groups is 2. The Labute approximate surface area is 125 Å². The van der Waals surface area contributed by atoms with Crippen molar-refractivity contribution in [1.29, 1.82) is 0 Å². The Morgan fingerprint density at radius 2 is 2.19 bits per heavy atom. The van der Waals surface area contributed by atoms with Crippen LogP contribution in [0.5, 0.6) is 5.75 Å². The molecule has 0 radical (unpaired) electrons. The SMILES string of the molecule is CC(=O)c1ccc(OC(=O)CCC2CCCOC2)c(C)c1. The van der Waals surface area contributed by atoms with E-state index in [4.69, 9.17) is 9.47 Å². The molecule has 0 bridgehead atoms. The van der Waals surface area contributed by atoms with Gasteiger partial charge in [0.05, 0.1) is 0 Å². The monoisotopic (exact) mass is 290 g/mol. The van der Waals surface area contributed by atoms with E-state index in [0.29, 0.717) is 23.7 Å². The number of esters is 1. The number of Topliss-reactive ketones (excluding diaryl/α,β-unsaturated/α-hetero) is 1. The molecule has 1 aliphatic rings. The second kappa shape index (κ2) is 7.36. The van der Waals surface area contributed by atoms with E-state index in [0.717, 1.165) is 38.0 Å². The lowest BCUT2D eigenvalue weighted by atomic mass is 9.97. The highest BCUT2D eigenvalue weighted by Crippen LogP contribution is 2.22. The van der Waals surface area contributed by atoms with Crippen molar-refractivity contribution in [2.75, 3.05) is 13.2 Å². The third-order valence-electron chi connectivity index (χ3n) is 3.82. The Hall–Kier alpha value is -1.68. The van der Waals surface area contributed by atoms with E-state index in [1.807, 2.05) is 6.92 Å². The van der Waals surface area contributed by atoms with E-state index >= 15 is 0 Å². The average Bonchev–Trinajstić information content (AvgIpc) is 2.48. The van der Waals surface area contributed by atoms with Crippen LogP contribution in [-0.4, -0.2) is 25.0 Å². The molecule has 1 aromatic carbocycles. The number of rotatable bonds is 5. The van der Waals surface area contributed by atoms with Crippen LogP contribution in [0.1, 0.15) is 48.5 Å². The highest BCUT2D eigenvalue weighted by Gasteiger charge is 2.16. The van der Waals surface area contributed by atoms with Gasteiger partial charge >= 0.3 is 5.97 Å². The van der Waals surface area contributed by atoms with Gasteiger partial charge in [0.15, 0.2) is 5.78 Å². The largest absolute Gasteiger partial charge is 0.426 e. The highest BCUT2D eigenvalue weighted by molar-refractivity contribution is 5.94. The van der Waals surface area contributed by atoms with Gasteiger partial charge < -0.3 is 9.47 Å². The average molecular weight is 290 g/mol. The van der Waals surface area contributed by atoms with Gasteiger partial charge in [-0.05, 0) is 62.8 Å². The van der Waals surface area contributed by atoms with Gasteiger partial charge in [0.2, 0.25) is 0 Å². The molecule has 1 aromatic rings. The molecule has 4 nitrogen and oxygen atoms in total. The molecule has 0 amide bonds. The molecule has 1 atom stereocenters. The van der Waals surface area contributed by atoms with Gasteiger partial charge in [-0.25, -0.2) is 0 Å². The van der Waals surface area contributed by atoms with Gasteiger partial charge in [-0.3, -0.25) is 9.59 Å². The van der Waals surface area contributed by atoms with Crippen molar-refractivity contribution in [3.05, 3.63) is 29.3 Å². The van der Waals surface area contributed by atoms with Crippen LogP contribution in [0.3, 0.4) is 0 Å². The second-order valence-electron chi connectivity index (χ2n) is 5.63. The Morgan fingerprint density at radius 3 is 2.81 bits per heavy atom. The molecule has 0 aliphatic carbocycles. The quantitative estimate of drug-likeness (QED) is 0.474. The summed E-state index contributed by atoms with van der Waals surface area (Å²) in [4.78, 5) is 23.2. The summed E-state index contributed by atoms with van der Waals surface area (Å²) in [5.74, 6) is 0.782. The number of hydrogen-bond donors (Lipinski definition) is 0. The fourth-order valence-electron chi connectivity index (χ4n) is 2.51. The molecule has 0 spiro atoms. The van der Waals surface area contributed by atoms with E-state index in [9.17, 15) is 9.59 Å². The van der Waals surface area contributed by atoms with Crippen LogP contribution in [0.15, 0.2) is 18.2 Å². The lowest BCUT2D eigenvalue weighted by Crippen LogP contribution is -2.19. The topological polar surface area (TPSA) is 52.6 Å². The van der Waals surface area contributed by atoms with E-state index in [1.165, 1.54) is 6.92 Å². The second-order valence-corrected chi connectivity index (χ2v) is 5.63. The molecule has 4 heteroatoms. The number of hydrogen-bond acceptors (Lipinski definition) is 4. The van der Waals surface area contributed by atoms with Gasteiger partial charge in [0, 0.05) is 25.2 Å². The third-order valence-corrected chi connectivity index (χ3v) is 3.82. The van der Waals surface area contributed by atoms with Crippen LogP contribution in [0.25, 0.3) is 0 Å². The maximum atomic E-state index is 11.9. The number of benzene rings is 1. The zero-order valence-electron chi connectivity index (χ0n) is 12.7. The first-order chi connectivity index (χ1) is 10.1. The molecule has 1 unspecified atom stereocenters. The summed E-state index contributed by atoms with van der Waals surface area (Å²) in [6.45, 7) is 4.94. The fraction of sp³-hybridized carbons (Fsp3) is 0.529. The molecule has 1 fully saturated rings. The number of ether oxygens (including phenoxy) is 2. The summed E-state index contributed by atoms with van der Waals surface area (Å²) >= 11 is 0. The Morgan fingerprint density at radius 1 is 1.38 bits per heavy atom. The molecular formula is C17H22O4. The van der Waals surface area contributed by atoms with Gasteiger partial charge in [-0.2, -0.15) is 0 Å². The van der Waals surface area contributed by atoms with Crippen molar-refractivity contribution in [1.82, 2.24) is 0 Å². The van der Waals surface area contributed by atoms with Crippen LogP contribution in [-0.2, 0) is 9.53 Å². The van der Waals surface area contributed by atoms with Crippen LogP contribution >= 0.6 is 0 Å². The molecule has 0 aromatic heterocycles. The van der Waals surface area contributed by atoms with Crippen LogP contribution in [0.2, 0.25) is 0 Å². The van der Waals surface area contributed by atoms with Gasteiger partial charge in [0.25, 0.3) is 0 Å². The van der Waals surface area contributed by atoms with E-state index < -0.39 is 0 Å². The maximum absolute atomic E-state index is 11.9. The normalized spacial score (nSPS) is 18.3. The van der Waals surface area contributed by atoms with Gasteiger partial charge in [-0.15, -0.1) is 0 Å². The molecule has 1 aliphatic heterocycles. The Kier molecular flexibility index (Phi) is 5.51. The first kappa shape index (κ1) is 15.7. The van der Waals surface area contributed by atoms with Crippen LogP contribution in [0, 0.1) is 12.8 Å². The van der Waals surface area contributed by atoms with Gasteiger partial charge in [0.1, 0.15) is 5.75 Å². The van der Waals surface area contributed by atoms with Crippen molar-refractivity contribution in [2.45, 2.75) is 39.5 Å². The van der Waals surface area contributed by atoms with Crippen LogP contribution in [0.4, 0.5) is 0 Å². The Bertz CT molecular complexity index is 516. The molecular weight excluding hydrogens is 268 g/mol. The summed E-state index contributed by atoms with van der Waals surface area (Å²) in [7, 11) is 0. The smallest absolute Gasteiger partial charge is 0.311 e. The molecule has 1 heterocycles. The summed E-state index contributed by atoms with van der Waals surface area (Å²) in [5.41, 5.74) is 1.43. The lowest BCUT2D eigenvalue weighted by molar-refractivity contribution is -0.135. The number of aryl methyl sites for hydroxylation is 1. The Balaban J connectivity index is 1.85. The maximum Gasteiger partial charge on any atom is 0.311 e. The predicted octanol–water partition coefficient (Wildman–Crippen LogP) is 3.31. The minimum Gasteiger partial charge on any atom is -0.426 e. The first-order valence-electron chi connectivity index (χ1n) is 7.46. The van der Waals surface area contributed by atoms with E-state index in [1.54, 1.807) is 18.2 Å². The number of ketones is 1. The number of carbonyl (C=O) groups excluding carboxylic acids is 2. The molecule has 2 rings (SSSR count). The van der Waals surface area contributed by atoms with Crippen molar-refractivity contribution in [2.24, 2.45) is 5.92 Å². The summed E-state index contributed by atoms with van der Waals surface area (Å²) in [6, 6.07) is 5.13. The van der Waals surface area contributed by atoms with Crippen LogP contribution < -0.4 is 4.74 Å². The van der Waals surface area contributed by atoms with Crippen molar-refractivity contribution in [3.63, 3.8) is 0 Å². The van der Waals surface area contributed by atoms with Crippen molar-refractivity contribution in [3.8, 4) is 5.75 Å². The minimum atomic E-state index is -0.223. The zero-order chi connectivity index (χ0) is 15.2. The lowest BCUT2D eigenvalue weighted by Gasteiger charge is -2.21. The molecule has 1 saturated heterocycles. The predicted molar refractivity (Wildman–Crippen MR) is 79.6 cm³/mol. The molecule has 0 N–H and O–H groups in total. The summed E-state index contributed by atoms with van der Waals surface area (Å²) in [6.07, 6.45) is 3.41. The van der Waals surface area contributed by atoms with Crippen molar-refractivity contribution < 1.29 is 19.1 Å². The molecule has 0 saturated carbocycles. The summed E-state index contributed by atoms with van der Waals surface area (Å²) in [5, 5.41) is 0. The first-order valence-corrected chi connectivity index (χ1v) is 7.46. The minimum absolute atomic E-state index is 0.00766. The third kappa shape index (κ3) is 4.67. The zero-order valence-corrected chi connectivity index (χ0v) is 12.7. The van der Waals surface area contributed by atoms with E-state index in [2.05, 4.69) is 0 Å².